The molecule has 2 N–H and O–H groups in total. The molecule has 1 amide bonds. The SMILES string of the molecule is CCN1C(=O)C[C@H](N)[C@H]1C(F)(F)F. The van der Waals surface area contributed by atoms with E-state index in [1.807, 2.05) is 0 Å². The minimum Gasteiger partial charge on any atom is -0.329 e. The Kier molecular flexibility index (Phi) is 2.51. The summed E-state index contributed by atoms with van der Waals surface area (Å²) >= 11 is 0. The number of halogens is 3. The molecule has 1 rings (SSSR count). The van der Waals surface area contributed by atoms with Crippen LogP contribution in [0, 0.1) is 0 Å². The number of hydrogen-bond acceptors (Lipinski definition) is 2. The van der Waals surface area contributed by atoms with Crippen LogP contribution in [0.15, 0.2) is 0 Å². The lowest BCUT2D eigenvalue weighted by atomic mass is 10.1. The lowest BCUT2D eigenvalue weighted by Gasteiger charge is -2.27. The maximum Gasteiger partial charge on any atom is 0.410 e. The van der Waals surface area contributed by atoms with Crippen molar-refractivity contribution in [2.75, 3.05) is 6.54 Å². The second-order valence-electron chi connectivity index (χ2n) is 3.03. The normalized spacial score (nSPS) is 29.9. The first-order valence-corrected chi connectivity index (χ1v) is 3.99. The minimum atomic E-state index is -4.42. The third-order valence-electron chi connectivity index (χ3n) is 2.15. The van der Waals surface area contributed by atoms with Crippen LogP contribution in [0.25, 0.3) is 0 Å². The van der Waals surface area contributed by atoms with Gasteiger partial charge in [-0.25, -0.2) is 0 Å². The van der Waals surface area contributed by atoms with Crippen LogP contribution in [0.3, 0.4) is 0 Å². The standard InChI is InChI=1S/C7H11F3N2O/c1-2-12-5(13)3-4(11)6(12)7(8,9)10/h4,6H,2-3,11H2,1H3/t4-,6-/m0/s1. The molecule has 3 nitrogen and oxygen atoms in total. The Morgan fingerprint density at radius 2 is 2.15 bits per heavy atom. The molecule has 0 saturated carbocycles. The molecule has 13 heavy (non-hydrogen) atoms. The zero-order chi connectivity index (χ0) is 10.2. The van der Waals surface area contributed by atoms with Crippen molar-refractivity contribution in [2.45, 2.75) is 31.6 Å². The van der Waals surface area contributed by atoms with Crippen molar-refractivity contribution in [1.29, 1.82) is 0 Å². The van der Waals surface area contributed by atoms with E-state index in [1.165, 1.54) is 6.92 Å². The number of hydrogen-bond donors (Lipinski definition) is 1. The van der Waals surface area contributed by atoms with Gasteiger partial charge in [0.1, 0.15) is 6.04 Å². The largest absolute Gasteiger partial charge is 0.410 e. The number of amides is 1. The second-order valence-corrected chi connectivity index (χ2v) is 3.03. The molecule has 76 valence electrons. The van der Waals surface area contributed by atoms with Gasteiger partial charge in [0, 0.05) is 19.0 Å². The molecule has 0 aliphatic carbocycles. The number of alkyl halides is 3. The number of likely N-dealkylation sites (tertiary alicyclic amines) is 1. The smallest absolute Gasteiger partial charge is 0.329 e. The molecule has 6 heteroatoms. The van der Waals surface area contributed by atoms with Crippen molar-refractivity contribution in [1.82, 2.24) is 4.90 Å². The van der Waals surface area contributed by atoms with Crippen LogP contribution in [-0.4, -0.2) is 35.6 Å². The van der Waals surface area contributed by atoms with Crippen LogP contribution < -0.4 is 5.73 Å². The van der Waals surface area contributed by atoms with E-state index >= 15 is 0 Å². The van der Waals surface area contributed by atoms with Gasteiger partial charge in [-0.1, -0.05) is 0 Å². The number of likely N-dealkylation sites (N-methyl/N-ethyl adjacent to an activating group) is 1. The zero-order valence-electron chi connectivity index (χ0n) is 7.14. The summed E-state index contributed by atoms with van der Waals surface area (Å²) in [5, 5.41) is 0. The van der Waals surface area contributed by atoms with Gasteiger partial charge in [0.15, 0.2) is 0 Å². The Bertz CT molecular complexity index is 216. The highest BCUT2D eigenvalue weighted by molar-refractivity contribution is 5.80. The fourth-order valence-electron chi connectivity index (χ4n) is 1.61. The van der Waals surface area contributed by atoms with E-state index in [0.717, 1.165) is 4.90 Å². The predicted octanol–water partition coefficient (Wildman–Crippen LogP) is 0.497. The summed E-state index contributed by atoms with van der Waals surface area (Å²) in [6.07, 6.45) is -4.63. The Balaban J connectivity index is 2.87. The van der Waals surface area contributed by atoms with Crippen molar-refractivity contribution in [3.05, 3.63) is 0 Å². The second kappa shape index (κ2) is 3.17. The maximum atomic E-state index is 12.3. The van der Waals surface area contributed by atoms with E-state index in [2.05, 4.69) is 0 Å². The molecule has 0 bridgehead atoms. The summed E-state index contributed by atoms with van der Waals surface area (Å²) in [6, 6.07) is -2.92. The van der Waals surface area contributed by atoms with Gasteiger partial charge < -0.3 is 10.6 Å². The molecule has 0 spiro atoms. The number of nitrogens with zero attached hydrogens (tertiary/aromatic N) is 1. The van der Waals surface area contributed by atoms with Crippen molar-refractivity contribution in [2.24, 2.45) is 5.73 Å². The molecule has 0 aromatic carbocycles. The average molecular weight is 196 g/mol. The van der Waals surface area contributed by atoms with E-state index in [0.29, 0.717) is 0 Å². The number of carbonyl (C=O) groups excluding carboxylic acids is 1. The van der Waals surface area contributed by atoms with Crippen LogP contribution in [0.4, 0.5) is 13.2 Å². The van der Waals surface area contributed by atoms with Crippen LogP contribution >= 0.6 is 0 Å². The molecular weight excluding hydrogens is 185 g/mol. The van der Waals surface area contributed by atoms with Gasteiger partial charge in [-0.3, -0.25) is 4.79 Å². The fraction of sp³-hybridized carbons (Fsp3) is 0.857. The molecule has 1 saturated heterocycles. The summed E-state index contributed by atoms with van der Waals surface area (Å²) in [4.78, 5) is 11.8. The van der Waals surface area contributed by atoms with Crippen LogP contribution in [-0.2, 0) is 4.79 Å². The Morgan fingerprint density at radius 3 is 2.46 bits per heavy atom. The summed E-state index contributed by atoms with van der Waals surface area (Å²) in [6.45, 7) is 1.56. The highest BCUT2D eigenvalue weighted by Gasteiger charge is 2.52. The molecule has 1 fully saturated rings. The summed E-state index contributed by atoms with van der Waals surface area (Å²) in [5.74, 6) is -0.516. The van der Waals surface area contributed by atoms with Crippen molar-refractivity contribution in [3.8, 4) is 0 Å². The minimum absolute atomic E-state index is 0.0523. The molecule has 0 unspecified atom stereocenters. The van der Waals surface area contributed by atoms with Crippen molar-refractivity contribution < 1.29 is 18.0 Å². The first-order chi connectivity index (χ1) is 5.88. The summed E-state index contributed by atoms with van der Waals surface area (Å²) < 4.78 is 37.0. The Hall–Kier alpha value is -0.780. The molecule has 2 atom stereocenters. The molecule has 1 aliphatic heterocycles. The quantitative estimate of drug-likeness (QED) is 0.663. The summed E-state index contributed by atoms with van der Waals surface area (Å²) in [7, 11) is 0. The molecule has 1 aliphatic rings. The number of nitrogens with two attached hydrogens (primary N) is 1. The molecule has 0 aromatic rings. The van der Waals surface area contributed by atoms with Crippen LogP contribution in [0.2, 0.25) is 0 Å². The lowest BCUT2D eigenvalue weighted by molar-refractivity contribution is -0.182. The molecule has 0 aromatic heterocycles. The van der Waals surface area contributed by atoms with E-state index in [4.69, 9.17) is 5.73 Å². The Labute approximate surface area is 73.7 Å². The van der Waals surface area contributed by atoms with Gasteiger partial charge in [-0.15, -0.1) is 0 Å². The molecule has 0 radical (unpaired) electrons. The predicted molar refractivity (Wildman–Crippen MR) is 39.8 cm³/mol. The topological polar surface area (TPSA) is 46.3 Å². The van der Waals surface area contributed by atoms with Gasteiger partial charge in [0.05, 0.1) is 0 Å². The van der Waals surface area contributed by atoms with Gasteiger partial charge in [-0.2, -0.15) is 13.2 Å². The highest BCUT2D eigenvalue weighted by Crippen LogP contribution is 2.32. The van der Waals surface area contributed by atoms with Gasteiger partial charge in [-0.05, 0) is 6.92 Å². The monoisotopic (exact) mass is 196 g/mol. The fourth-order valence-corrected chi connectivity index (χ4v) is 1.61. The van der Waals surface area contributed by atoms with Gasteiger partial charge in [0.25, 0.3) is 0 Å². The number of carbonyl (C=O) groups is 1. The Morgan fingerprint density at radius 1 is 1.62 bits per heavy atom. The highest BCUT2D eigenvalue weighted by atomic mass is 19.4. The van der Waals surface area contributed by atoms with E-state index < -0.39 is 24.2 Å². The first-order valence-electron chi connectivity index (χ1n) is 3.99. The third kappa shape index (κ3) is 1.77. The van der Waals surface area contributed by atoms with Crippen molar-refractivity contribution >= 4 is 5.91 Å². The first kappa shape index (κ1) is 10.3. The number of rotatable bonds is 1. The van der Waals surface area contributed by atoms with E-state index in [-0.39, 0.29) is 13.0 Å². The molecular formula is C7H11F3N2O. The van der Waals surface area contributed by atoms with Crippen molar-refractivity contribution in [3.63, 3.8) is 0 Å². The van der Waals surface area contributed by atoms with E-state index in [9.17, 15) is 18.0 Å². The average Bonchev–Trinajstić information content (AvgIpc) is 2.23. The third-order valence-corrected chi connectivity index (χ3v) is 2.15. The maximum absolute atomic E-state index is 12.3. The van der Waals surface area contributed by atoms with Crippen LogP contribution in [0.1, 0.15) is 13.3 Å². The zero-order valence-corrected chi connectivity index (χ0v) is 7.14. The lowest BCUT2D eigenvalue weighted by Crippen LogP contribution is -2.50. The van der Waals surface area contributed by atoms with Gasteiger partial charge >= 0.3 is 6.18 Å². The van der Waals surface area contributed by atoms with Crippen LogP contribution in [0.5, 0.6) is 0 Å². The molecule has 1 heterocycles. The van der Waals surface area contributed by atoms with E-state index in [1.54, 1.807) is 0 Å². The van der Waals surface area contributed by atoms with Gasteiger partial charge in [0.2, 0.25) is 5.91 Å². The summed E-state index contributed by atoms with van der Waals surface area (Å²) in [5.41, 5.74) is 5.24.